The van der Waals surface area contributed by atoms with Gasteiger partial charge in [-0.25, -0.2) is 4.79 Å². The van der Waals surface area contributed by atoms with Gasteiger partial charge in [0.15, 0.2) is 3.95 Å². The molecule has 2 aromatic rings. The Balaban J connectivity index is 1.44. The molecule has 0 radical (unpaired) electrons. The van der Waals surface area contributed by atoms with E-state index in [9.17, 15) is 19.5 Å². The lowest BCUT2D eigenvalue weighted by Gasteiger charge is -2.43. The number of nitrogens with one attached hydrogen (secondary N) is 1. The molecule has 2 bridgehead atoms. The fourth-order valence-electron chi connectivity index (χ4n) is 7.22. The lowest BCUT2D eigenvalue weighted by molar-refractivity contribution is -0.156. The van der Waals surface area contributed by atoms with Crippen LogP contribution in [0.4, 0.5) is 0 Å². The van der Waals surface area contributed by atoms with E-state index in [4.69, 9.17) is 35.4 Å². The third kappa shape index (κ3) is 3.49. The predicted octanol–water partition coefficient (Wildman–Crippen LogP) is 6.09. The molecule has 3 heterocycles. The number of imide groups is 1. The Bertz CT molecular complexity index is 1360. The SMILES string of the molecule is CC(C)CC(C(=O)O)N1C(=O)C2C3CC(C2C1=O)C1C(c2cccc(Cl)c2Cl)c2sc(=S)[nH]c2SC31. The van der Waals surface area contributed by atoms with Gasteiger partial charge in [0.25, 0.3) is 0 Å². The zero-order chi connectivity index (χ0) is 25.6. The summed E-state index contributed by atoms with van der Waals surface area (Å²) in [5, 5.41) is 12.0. The number of nitrogens with zero attached hydrogens (tertiary/aromatic N) is 1. The molecule has 8 atom stereocenters. The molecule has 6 rings (SSSR count). The maximum absolute atomic E-state index is 13.8. The Morgan fingerprint density at radius 2 is 1.92 bits per heavy atom. The Kier molecular flexibility index (Phi) is 6.11. The van der Waals surface area contributed by atoms with Crippen LogP contribution >= 0.6 is 58.5 Å². The summed E-state index contributed by atoms with van der Waals surface area (Å²) in [4.78, 5) is 45.1. The molecule has 0 spiro atoms. The zero-order valence-corrected chi connectivity index (χ0v) is 23.4. The highest BCUT2D eigenvalue weighted by Crippen LogP contribution is 2.69. The number of thiazole rings is 1. The van der Waals surface area contributed by atoms with Crippen molar-refractivity contribution in [2.45, 2.75) is 48.9 Å². The van der Waals surface area contributed by atoms with Gasteiger partial charge in [-0.05, 0) is 60.4 Å². The highest BCUT2D eigenvalue weighted by Gasteiger charge is 2.70. The predicted molar refractivity (Wildman–Crippen MR) is 142 cm³/mol. The molecule has 8 unspecified atom stereocenters. The van der Waals surface area contributed by atoms with Crippen molar-refractivity contribution in [3.8, 4) is 0 Å². The molecule has 36 heavy (non-hydrogen) atoms. The van der Waals surface area contributed by atoms with Crippen molar-refractivity contribution in [3.63, 3.8) is 0 Å². The van der Waals surface area contributed by atoms with E-state index in [1.807, 2.05) is 26.0 Å². The summed E-state index contributed by atoms with van der Waals surface area (Å²) in [6, 6.07) is 4.51. The van der Waals surface area contributed by atoms with Crippen LogP contribution in [0, 0.1) is 39.5 Å². The number of carboxylic acid groups (broad SMARTS) is 1. The van der Waals surface area contributed by atoms with E-state index in [1.54, 1.807) is 17.8 Å². The number of thioether (sulfide) groups is 1. The summed E-state index contributed by atoms with van der Waals surface area (Å²) < 4.78 is 0.680. The number of hydrogen-bond donors (Lipinski definition) is 2. The topological polar surface area (TPSA) is 90.5 Å². The maximum Gasteiger partial charge on any atom is 0.326 e. The molecule has 1 aromatic carbocycles. The van der Waals surface area contributed by atoms with E-state index in [-0.39, 0.29) is 53.1 Å². The molecule has 4 aliphatic rings. The average molecular weight is 584 g/mol. The van der Waals surface area contributed by atoms with Crippen molar-refractivity contribution in [2.24, 2.45) is 35.5 Å². The molecule has 11 heteroatoms. The molecule has 1 aromatic heterocycles. The second-order valence-electron chi connectivity index (χ2n) is 10.6. The standard InChI is InChI=1S/C25H24Cl2N2O4S3/c1-8(2)6-13(24(32)33)29-22(30)16-10-7-11(17(16)23(29)31)19-15(10)14(9-4-3-5-12(26)18(9)27)20-21(35-19)28-25(34)36-20/h3-5,8,10-11,13-17,19H,6-7H2,1-2H3,(H,28,34)(H,32,33). The number of aromatic nitrogens is 1. The fraction of sp³-hybridized carbons (Fsp3) is 0.520. The lowest BCUT2D eigenvalue weighted by atomic mass is 9.68. The summed E-state index contributed by atoms with van der Waals surface area (Å²) in [6.07, 6.45) is 1.02. The first-order valence-electron chi connectivity index (χ1n) is 12.0. The Hall–Kier alpha value is -1.39. The van der Waals surface area contributed by atoms with Gasteiger partial charge in [0.1, 0.15) is 6.04 Å². The van der Waals surface area contributed by atoms with E-state index in [0.717, 1.165) is 26.8 Å². The Morgan fingerprint density at radius 1 is 1.22 bits per heavy atom. The van der Waals surface area contributed by atoms with Crippen molar-refractivity contribution in [1.29, 1.82) is 0 Å². The quantitative estimate of drug-likeness (QED) is 0.327. The molecular formula is C25H24Cl2N2O4S3. The fourth-order valence-corrected chi connectivity index (χ4v) is 11.0. The number of benzene rings is 1. The van der Waals surface area contributed by atoms with Gasteiger partial charge in [0.2, 0.25) is 11.8 Å². The van der Waals surface area contributed by atoms with E-state index in [0.29, 0.717) is 14.0 Å². The summed E-state index contributed by atoms with van der Waals surface area (Å²) in [6.45, 7) is 3.80. The highest BCUT2D eigenvalue weighted by molar-refractivity contribution is 8.00. The van der Waals surface area contributed by atoms with Gasteiger partial charge >= 0.3 is 5.97 Å². The van der Waals surface area contributed by atoms with Crippen LogP contribution < -0.4 is 0 Å². The average Bonchev–Trinajstić information content (AvgIpc) is 3.53. The van der Waals surface area contributed by atoms with Crippen molar-refractivity contribution >= 4 is 76.3 Å². The molecule has 2 aliphatic heterocycles. The monoisotopic (exact) mass is 582 g/mol. The van der Waals surface area contributed by atoms with E-state index >= 15 is 0 Å². The van der Waals surface area contributed by atoms with Gasteiger partial charge in [-0.2, -0.15) is 0 Å². The third-order valence-electron chi connectivity index (χ3n) is 8.37. The smallest absolute Gasteiger partial charge is 0.326 e. The molecule has 6 nitrogen and oxygen atoms in total. The summed E-state index contributed by atoms with van der Waals surface area (Å²) in [5.74, 6) is -2.78. The van der Waals surface area contributed by atoms with Crippen molar-refractivity contribution in [2.75, 3.05) is 0 Å². The Morgan fingerprint density at radius 3 is 2.58 bits per heavy atom. The van der Waals surface area contributed by atoms with Crippen molar-refractivity contribution in [1.82, 2.24) is 9.88 Å². The number of carboxylic acids is 1. The van der Waals surface area contributed by atoms with Gasteiger partial charge in [-0.3, -0.25) is 14.5 Å². The zero-order valence-electron chi connectivity index (χ0n) is 19.4. The summed E-state index contributed by atoms with van der Waals surface area (Å²) >= 11 is 21.9. The molecule has 3 fully saturated rings. The number of halogens is 2. The first-order valence-corrected chi connectivity index (χ1v) is 14.9. The number of hydrogen-bond acceptors (Lipinski definition) is 6. The number of aliphatic carboxylic acids is 1. The molecule has 2 amide bonds. The molecule has 190 valence electrons. The largest absolute Gasteiger partial charge is 0.480 e. The van der Waals surface area contributed by atoms with Crippen LogP contribution in [0.5, 0.6) is 0 Å². The molecule has 2 saturated carbocycles. The maximum atomic E-state index is 13.8. The van der Waals surface area contributed by atoms with Gasteiger partial charge in [-0.1, -0.05) is 49.2 Å². The molecule has 1 saturated heterocycles. The first-order chi connectivity index (χ1) is 17.1. The van der Waals surface area contributed by atoms with Crippen LogP contribution in [0.1, 0.15) is 43.0 Å². The second-order valence-corrected chi connectivity index (χ2v) is 14.3. The number of H-pyrrole nitrogens is 1. The van der Waals surface area contributed by atoms with Crippen molar-refractivity contribution < 1.29 is 19.5 Å². The number of amides is 2. The Labute approximate surface area is 231 Å². The lowest BCUT2D eigenvalue weighted by Crippen LogP contribution is -2.47. The van der Waals surface area contributed by atoms with E-state index in [1.165, 1.54) is 11.3 Å². The van der Waals surface area contributed by atoms with Crippen LogP contribution in [-0.2, 0) is 14.4 Å². The highest BCUT2D eigenvalue weighted by atomic mass is 35.5. The van der Waals surface area contributed by atoms with E-state index < -0.39 is 23.8 Å². The minimum atomic E-state index is -1.12. The summed E-state index contributed by atoms with van der Waals surface area (Å²) in [7, 11) is 0. The number of rotatable bonds is 5. The normalized spacial score (nSPS) is 33.1. The number of likely N-dealkylation sites (tertiary alicyclic amines) is 1. The minimum Gasteiger partial charge on any atom is -0.480 e. The molecule has 2 aliphatic carbocycles. The van der Waals surface area contributed by atoms with Gasteiger partial charge in [-0.15, -0.1) is 23.1 Å². The number of aromatic amines is 1. The minimum absolute atomic E-state index is 0.0135. The van der Waals surface area contributed by atoms with Gasteiger partial charge in [0, 0.05) is 16.0 Å². The van der Waals surface area contributed by atoms with Gasteiger partial charge in [0.05, 0.1) is 26.9 Å². The van der Waals surface area contributed by atoms with Crippen LogP contribution in [0.25, 0.3) is 0 Å². The number of fused-ring (bicyclic) bond motifs is 9. The van der Waals surface area contributed by atoms with E-state index in [2.05, 4.69) is 4.98 Å². The number of carbonyl (C=O) groups is 3. The third-order valence-corrected chi connectivity index (χ3v) is 12.1. The van der Waals surface area contributed by atoms with Crippen LogP contribution in [-0.4, -0.2) is 44.1 Å². The van der Waals surface area contributed by atoms with Crippen LogP contribution in [0.2, 0.25) is 10.0 Å². The van der Waals surface area contributed by atoms with Crippen LogP contribution in [0.15, 0.2) is 23.2 Å². The summed E-state index contributed by atoms with van der Waals surface area (Å²) in [5.41, 5.74) is 0.909. The number of carbonyl (C=O) groups excluding carboxylic acids is 2. The molecular weight excluding hydrogens is 559 g/mol. The van der Waals surface area contributed by atoms with Gasteiger partial charge < -0.3 is 10.1 Å². The molecule has 2 N–H and O–H groups in total. The van der Waals surface area contributed by atoms with Crippen LogP contribution in [0.3, 0.4) is 0 Å². The van der Waals surface area contributed by atoms with Crippen molar-refractivity contribution in [3.05, 3.63) is 42.6 Å². The first kappa shape index (κ1) is 24.9. The second kappa shape index (κ2) is 8.83.